The maximum atomic E-state index is 12.7. The number of likely N-dealkylation sites (N-methyl/N-ethyl adjacent to an activating group) is 1. The fourth-order valence-electron chi connectivity index (χ4n) is 2.91. The van der Waals surface area contributed by atoms with Crippen LogP contribution < -0.4 is 5.69 Å². The van der Waals surface area contributed by atoms with Crippen LogP contribution in [-0.4, -0.2) is 27.0 Å². The lowest BCUT2D eigenvalue weighted by molar-refractivity contribution is -0.132. The average molecular weight is 343 g/mol. The number of hydrogen-bond donors (Lipinski definition) is 0. The highest BCUT2D eigenvalue weighted by atomic mass is 32.1. The Bertz CT molecular complexity index is 908. The molecule has 1 atom stereocenters. The number of carbonyl (C=O) groups is 1. The van der Waals surface area contributed by atoms with Crippen LogP contribution in [0.2, 0.25) is 0 Å². The van der Waals surface area contributed by atoms with Crippen LogP contribution in [0.3, 0.4) is 0 Å². The molecule has 126 valence electrons. The molecule has 2 aromatic heterocycles. The molecule has 0 aliphatic carbocycles. The Labute approximate surface area is 144 Å². The molecular formula is C18H21N3O2S. The minimum atomic E-state index is -0.135. The first-order chi connectivity index (χ1) is 11.5. The highest BCUT2D eigenvalue weighted by Crippen LogP contribution is 2.23. The second-order valence-corrected chi connectivity index (χ2v) is 6.78. The van der Waals surface area contributed by atoms with Crippen molar-refractivity contribution in [2.75, 3.05) is 7.05 Å². The van der Waals surface area contributed by atoms with Crippen LogP contribution >= 0.6 is 11.3 Å². The molecule has 0 radical (unpaired) electrons. The van der Waals surface area contributed by atoms with Gasteiger partial charge in [0.1, 0.15) is 6.54 Å². The van der Waals surface area contributed by atoms with Crippen molar-refractivity contribution in [2.24, 2.45) is 0 Å². The van der Waals surface area contributed by atoms with Gasteiger partial charge in [0.2, 0.25) is 5.91 Å². The van der Waals surface area contributed by atoms with E-state index in [4.69, 9.17) is 0 Å². The van der Waals surface area contributed by atoms with E-state index in [1.165, 1.54) is 0 Å². The second-order valence-electron chi connectivity index (χ2n) is 5.80. The van der Waals surface area contributed by atoms with Gasteiger partial charge in [-0.15, -0.1) is 11.3 Å². The maximum Gasteiger partial charge on any atom is 0.329 e. The summed E-state index contributed by atoms with van der Waals surface area (Å²) in [5.74, 6) is -0.0722. The number of rotatable bonds is 5. The van der Waals surface area contributed by atoms with Crippen molar-refractivity contribution in [3.8, 4) is 0 Å². The van der Waals surface area contributed by atoms with Gasteiger partial charge in [-0.25, -0.2) is 4.79 Å². The normalized spacial score (nSPS) is 12.5. The molecule has 0 unspecified atom stereocenters. The van der Waals surface area contributed by atoms with Crippen LogP contribution in [0.4, 0.5) is 0 Å². The van der Waals surface area contributed by atoms with Gasteiger partial charge < -0.3 is 4.90 Å². The van der Waals surface area contributed by atoms with Crippen molar-refractivity contribution in [3.05, 3.63) is 57.1 Å². The largest absolute Gasteiger partial charge is 0.337 e. The Hall–Kier alpha value is -2.34. The monoisotopic (exact) mass is 343 g/mol. The zero-order valence-corrected chi connectivity index (χ0v) is 14.9. The second kappa shape index (κ2) is 6.65. The fraction of sp³-hybridized carbons (Fsp3) is 0.333. The van der Waals surface area contributed by atoms with Gasteiger partial charge in [-0.05, 0) is 37.4 Å². The zero-order valence-electron chi connectivity index (χ0n) is 14.1. The molecular weight excluding hydrogens is 322 g/mol. The molecule has 1 aromatic carbocycles. The van der Waals surface area contributed by atoms with Gasteiger partial charge in [-0.2, -0.15) is 0 Å². The minimum absolute atomic E-state index is 0.00673. The predicted octanol–water partition coefficient (Wildman–Crippen LogP) is 3.10. The van der Waals surface area contributed by atoms with Gasteiger partial charge in [0.25, 0.3) is 0 Å². The van der Waals surface area contributed by atoms with Gasteiger partial charge in [0, 0.05) is 18.5 Å². The molecule has 3 rings (SSSR count). The molecule has 0 saturated heterocycles. The summed E-state index contributed by atoms with van der Waals surface area (Å²) in [6, 6.07) is 11.6. The van der Waals surface area contributed by atoms with Crippen molar-refractivity contribution in [3.63, 3.8) is 0 Å². The number of imidazole rings is 1. The Balaban J connectivity index is 1.91. The molecule has 6 heteroatoms. The molecule has 0 N–H and O–H groups in total. The first-order valence-corrected chi connectivity index (χ1v) is 8.89. The quantitative estimate of drug-likeness (QED) is 0.715. The molecule has 0 spiro atoms. The third-order valence-corrected chi connectivity index (χ3v) is 5.51. The minimum Gasteiger partial charge on any atom is -0.337 e. The van der Waals surface area contributed by atoms with Gasteiger partial charge >= 0.3 is 5.69 Å². The first-order valence-electron chi connectivity index (χ1n) is 8.01. The molecule has 0 aliphatic rings. The van der Waals surface area contributed by atoms with Crippen LogP contribution in [0.5, 0.6) is 0 Å². The van der Waals surface area contributed by atoms with Gasteiger partial charge in [0.15, 0.2) is 0 Å². The van der Waals surface area contributed by atoms with E-state index in [9.17, 15) is 9.59 Å². The Morgan fingerprint density at radius 1 is 1.17 bits per heavy atom. The highest BCUT2D eigenvalue weighted by molar-refractivity contribution is 7.10. The summed E-state index contributed by atoms with van der Waals surface area (Å²) in [6.45, 7) is 4.58. The van der Waals surface area contributed by atoms with Crippen molar-refractivity contribution < 1.29 is 4.79 Å². The molecule has 0 saturated carbocycles. The molecule has 0 bridgehead atoms. The summed E-state index contributed by atoms with van der Waals surface area (Å²) in [5.41, 5.74) is 1.53. The number of aryl methyl sites for hydroxylation is 1. The summed E-state index contributed by atoms with van der Waals surface area (Å²) < 4.78 is 3.27. The van der Waals surface area contributed by atoms with E-state index in [-0.39, 0.29) is 24.2 Å². The highest BCUT2D eigenvalue weighted by Gasteiger charge is 2.21. The van der Waals surface area contributed by atoms with Crippen molar-refractivity contribution >= 4 is 28.3 Å². The Kier molecular flexibility index (Phi) is 4.57. The Morgan fingerprint density at radius 3 is 2.42 bits per heavy atom. The van der Waals surface area contributed by atoms with E-state index in [2.05, 4.69) is 0 Å². The predicted molar refractivity (Wildman–Crippen MR) is 97.4 cm³/mol. The van der Waals surface area contributed by atoms with Gasteiger partial charge in [0.05, 0.1) is 17.1 Å². The molecule has 5 nitrogen and oxygen atoms in total. The number of benzene rings is 1. The third kappa shape index (κ3) is 2.78. The number of hydrogen-bond acceptors (Lipinski definition) is 3. The van der Waals surface area contributed by atoms with E-state index < -0.39 is 0 Å². The van der Waals surface area contributed by atoms with E-state index in [0.29, 0.717) is 6.54 Å². The van der Waals surface area contributed by atoms with Crippen molar-refractivity contribution in [1.29, 1.82) is 0 Å². The van der Waals surface area contributed by atoms with Crippen molar-refractivity contribution in [2.45, 2.75) is 33.0 Å². The molecule has 1 amide bonds. The lowest BCUT2D eigenvalue weighted by Crippen LogP contribution is -2.35. The summed E-state index contributed by atoms with van der Waals surface area (Å²) in [6.07, 6.45) is 0. The van der Waals surface area contributed by atoms with Crippen LogP contribution in [0.1, 0.15) is 24.8 Å². The smallest absolute Gasteiger partial charge is 0.329 e. The lowest BCUT2D eigenvalue weighted by Gasteiger charge is -2.24. The van der Waals surface area contributed by atoms with Gasteiger partial charge in [-0.1, -0.05) is 18.2 Å². The molecule has 2 heterocycles. The standard InChI is InChI=1S/C18H21N3O2S/c1-4-20-14-8-5-6-9-15(14)21(18(20)23)12-17(22)19(3)13(2)16-10-7-11-24-16/h5-11,13H,4,12H2,1-3H3/t13-/m1/s1. The molecule has 0 aliphatic heterocycles. The average Bonchev–Trinajstić information content (AvgIpc) is 3.21. The van der Waals surface area contributed by atoms with Crippen LogP contribution in [0, 0.1) is 0 Å². The van der Waals surface area contributed by atoms with E-state index in [1.807, 2.05) is 55.6 Å². The van der Waals surface area contributed by atoms with E-state index in [1.54, 1.807) is 32.4 Å². The fourth-order valence-corrected chi connectivity index (χ4v) is 3.74. The number of thiophene rings is 1. The number of carbonyl (C=O) groups excluding carboxylic acids is 1. The van der Waals surface area contributed by atoms with Crippen LogP contribution in [0.25, 0.3) is 11.0 Å². The third-order valence-electron chi connectivity index (χ3n) is 4.46. The Morgan fingerprint density at radius 2 is 1.83 bits per heavy atom. The SMILES string of the molecule is CCn1c(=O)n(CC(=O)N(C)[C@H](C)c2cccs2)c2ccccc21. The number of para-hydroxylation sites is 2. The number of fused-ring (bicyclic) bond motifs is 1. The number of aromatic nitrogens is 2. The first kappa shape index (κ1) is 16.5. The summed E-state index contributed by atoms with van der Waals surface area (Å²) in [7, 11) is 1.79. The van der Waals surface area contributed by atoms with Crippen LogP contribution in [-0.2, 0) is 17.9 Å². The lowest BCUT2D eigenvalue weighted by atomic mass is 10.2. The molecule has 24 heavy (non-hydrogen) atoms. The number of amides is 1. The summed E-state index contributed by atoms with van der Waals surface area (Å²) in [4.78, 5) is 28.2. The maximum absolute atomic E-state index is 12.7. The van der Waals surface area contributed by atoms with E-state index in [0.717, 1.165) is 15.9 Å². The molecule has 0 fully saturated rings. The zero-order chi connectivity index (χ0) is 17.3. The van der Waals surface area contributed by atoms with Crippen LogP contribution in [0.15, 0.2) is 46.6 Å². The van der Waals surface area contributed by atoms with E-state index >= 15 is 0 Å². The summed E-state index contributed by atoms with van der Waals surface area (Å²) >= 11 is 1.63. The van der Waals surface area contributed by atoms with Crippen molar-refractivity contribution in [1.82, 2.24) is 14.0 Å². The summed E-state index contributed by atoms with van der Waals surface area (Å²) in [5, 5.41) is 2.00. The van der Waals surface area contributed by atoms with Gasteiger partial charge in [-0.3, -0.25) is 13.9 Å². The molecule has 3 aromatic rings. The number of nitrogens with zero attached hydrogens (tertiary/aromatic N) is 3. The topological polar surface area (TPSA) is 47.2 Å².